The van der Waals surface area contributed by atoms with Crippen molar-refractivity contribution >= 4 is 18.0 Å². The molecule has 2 aromatic rings. The number of hydrogen-bond acceptors (Lipinski definition) is 4. The van der Waals surface area contributed by atoms with Gasteiger partial charge in [0.2, 0.25) is 0 Å². The van der Waals surface area contributed by atoms with Crippen molar-refractivity contribution < 1.29 is 9.53 Å². The second kappa shape index (κ2) is 6.78. The summed E-state index contributed by atoms with van der Waals surface area (Å²) < 4.78 is 5.12. The van der Waals surface area contributed by atoms with Crippen molar-refractivity contribution in [2.75, 3.05) is 7.11 Å². The molecule has 2 rings (SSSR count). The van der Waals surface area contributed by atoms with Crippen LogP contribution >= 0.6 is 11.8 Å². The van der Waals surface area contributed by atoms with Gasteiger partial charge in [-0.1, -0.05) is 18.2 Å². The van der Waals surface area contributed by atoms with E-state index in [1.807, 2.05) is 30.3 Å². The van der Waals surface area contributed by atoms with Gasteiger partial charge in [-0.05, 0) is 29.8 Å². The lowest BCUT2D eigenvalue weighted by Crippen LogP contribution is -1.90. The standard InChI is InChI=1S/C16H13NO2S/c1-19-16-6-5-13(7-14(16)9-17)11-20-15-4-2-3-12(8-15)10-18/h2-8,10H,11H2,1H3. The van der Waals surface area contributed by atoms with E-state index in [-0.39, 0.29) is 0 Å². The highest BCUT2D eigenvalue weighted by Crippen LogP contribution is 2.26. The monoisotopic (exact) mass is 283 g/mol. The van der Waals surface area contributed by atoms with Crippen LogP contribution in [-0.2, 0) is 5.75 Å². The summed E-state index contributed by atoms with van der Waals surface area (Å²) in [5.41, 5.74) is 2.25. The number of hydrogen-bond donors (Lipinski definition) is 0. The highest BCUT2D eigenvalue weighted by molar-refractivity contribution is 7.98. The number of aldehydes is 1. The average molecular weight is 283 g/mol. The summed E-state index contributed by atoms with van der Waals surface area (Å²) in [5, 5.41) is 9.05. The van der Waals surface area contributed by atoms with Crippen molar-refractivity contribution in [3.05, 3.63) is 59.2 Å². The molecule has 0 bridgehead atoms. The summed E-state index contributed by atoms with van der Waals surface area (Å²) in [5.74, 6) is 1.32. The molecule has 0 N–H and O–H groups in total. The maximum absolute atomic E-state index is 10.7. The minimum absolute atomic E-state index is 0.534. The number of thioether (sulfide) groups is 1. The number of carbonyl (C=O) groups excluding carboxylic acids is 1. The first-order chi connectivity index (χ1) is 9.76. The predicted molar refractivity (Wildman–Crippen MR) is 79.1 cm³/mol. The van der Waals surface area contributed by atoms with E-state index in [1.165, 1.54) is 0 Å². The van der Waals surface area contributed by atoms with Crippen molar-refractivity contribution in [1.82, 2.24) is 0 Å². The van der Waals surface area contributed by atoms with Crippen LogP contribution in [0.25, 0.3) is 0 Å². The van der Waals surface area contributed by atoms with Crippen LogP contribution in [-0.4, -0.2) is 13.4 Å². The molecule has 3 nitrogen and oxygen atoms in total. The fourth-order valence-electron chi connectivity index (χ4n) is 1.78. The lowest BCUT2D eigenvalue weighted by atomic mass is 10.1. The highest BCUT2D eigenvalue weighted by Gasteiger charge is 2.04. The maximum atomic E-state index is 10.7. The van der Waals surface area contributed by atoms with E-state index in [0.29, 0.717) is 16.9 Å². The van der Waals surface area contributed by atoms with E-state index in [4.69, 9.17) is 10.00 Å². The Kier molecular flexibility index (Phi) is 4.80. The third-order valence-electron chi connectivity index (χ3n) is 2.78. The zero-order valence-electron chi connectivity index (χ0n) is 11.0. The second-order valence-corrected chi connectivity index (χ2v) is 5.17. The Morgan fingerprint density at radius 3 is 2.85 bits per heavy atom. The SMILES string of the molecule is COc1ccc(CSc2cccc(C=O)c2)cc1C#N. The van der Waals surface area contributed by atoms with Crippen LogP contribution in [0.2, 0.25) is 0 Å². The molecule has 4 heteroatoms. The minimum Gasteiger partial charge on any atom is -0.495 e. The van der Waals surface area contributed by atoms with Gasteiger partial charge < -0.3 is 4.74 Å². The molecule has 0 radical (unpaired) electrons. The molecule has 0 aliphatic rings. The first-order valence-corrected chi connectivity index (χ1v) is 7.00. The number of nitrogens with zero attached hydrogens (tertiary/aromatic N) is 1. The van der Waals surface area contributed by atoms with Gasteiger partial charge in [0, 0.05) is 16.2 Å². The van der Waals surface area contributed by atoms with Gasteiger partial charge in [-0.2, -0.15) is 5.26 Å². The Hall–Kier alpha value is -2.25. The van der Waals surface area contributed by atoms with E-state index < -0.39 is 0 Å². The van der Waals surface area contributed by atoms with E-state index in [2.05, 4.69) is 6.07 Å². The van der Waals surface area contributed by atoms with E-state index in [9.17, 15) is 4.79 Å². The van der Waals surface area contributed by atoms with Crippen LogP contribution < -0.4 is 4.74 Å². The van der Waals surface area contributed by atoms with Gasteiger partial charge in [-0.25, -0.2) is 0 Å². The molecule has 0 saturated carbocycles. The lowest BCUT2D eigenvalue weighted by Gasteiger charge is -2.06. The van der Waals surface area contributed by atoms with E-state index in [1.54, 1.807) is 31.0 Å². The van der Waals surface area contributed by atoms with Gasteiger partial charge in [-0.3, -0.25) is 4.79 Å². The maximum Gasteiger partial charge on any atom is 0.150 e. The Labute approximate surface area is 122 Å². The zero-order valence-corrected chi connectivity index (χ0v) is 11.8. The average Bonchev–Trinajstić information content (AvgIpc) is 2.52. The Bertz CT molecular complexity index is 662. The molecular formula is C16H13NO2S. The molecule has 0 spiro atoms. The predicted octanol–water partition coefficient (Wildman–Crippen LogP) is 3.67. The largest absolute Gasteiger partial charge is 0.495 e. The number of nitriles is 1. The topological polar surface area (TPSA) is 50.1 Å². The van der Waals surface area contributed by atoms with Crippen LogP contribution in [0.15, 0.2) is 47.4 Å². The fraction of sp³-hybridized carbons (Fsp3) is 0.125. The van der Waals surface area contributed by atoms with Crippen molar-refractivity contribution in [2.24, 2.45) is 0 Å². The second-order valence-electron chi connectivity index (χ2n) is 4.13. The normalized spacial score (nSPS) is 9.80. The van der Waals surface area contributed by atoms with Crippen molar-refractivity contribution in [3.8, 4) is 11.8 Å². The summed E-state index contributed by atoms with van der Waals surface area (Å²) >= 11 is 1.63. The van der Waals surface area contributed by atoms with Gasteiger partial charge in [-0.15, -0.1) is 11.8 Å². The Morgan fingerprint density at radius 1 is 1.30 bits per heavy atom. The number of rotatable bonds is 5. The minimum atomic E-state index is 0.534. The number of ether oxygens (including phenoxy) is 1. The number of carbonyl (C=O) groups is 1. The number of benzene rings is 2. The molecule has 20 heavy (non-hydrogen) atoms. The zero-order chi connectivity index (χ0) is 14.4. The van der Waals surface area contributed by atoms with Crippen molar-refractivity contribution in [1.29, 1.82) is 5.26 Å². The molecular weight excluding hydrogens is 270 g/mol. The third-order valence-corrected chi connectivity index (χ3v) is 3.85. The summed E-state index contributed by atoms with van der Waals surface area (Å²) in [6.07, 6.45) is 0.839. The molecule has 0 aromatic heterocycles. The quantitative estimate of drug-likeness (QED) is 0.620. The molecule has 0 saturated heterocycles. The first kappa shape index (κ1) is 14.2. The first-order valence-electron chi connectivity index (χ1n) is 6.02. The van der Waals surface area contributed by atoms with Gasteiger partial charge in [0.05, 0.1) is 12.7 Å². The molecule has 0 amide bonds. The van der Waals surface area contributed by atoms with Gasteiger partial charge in [0.15, 0.2) is 0 Å². The smallest absolute Gasteiger partial charge is 0.150 e. The van der Waals surface area contributed by atoms with Crippen LogP contribution in [0, 0.1) is 11.3 Å². The molecule has 0 aliphatic carbocycles. The molecule has 100 valence electrons. The van der Waals surface area contributed by atoms with Crippen molar-refractivity contribution in [3.63, 3.8) is 0 Å². The van der Waals surface area contributed by atoms with Gasteiger partial charge >= 0.3 is 0 Å². The molecule has 2 aromatic carbocycles. The summed E-state index contributed by atoms with van der Waals surface area (Å²) in [7, 11) is 1.55. The van der Waals surface area contributed by atoms with Crippen LogP contribution in [0.1, 0.15) is 21.5 Å². The highest BCUT2D eigenvalue weighted by atomic mass is 32.2. The molecule has 0 fully saturated rings. The van der Waals surface area contributed by atoms with Crippen molar-refractivity contribution in [2.45, 2.75) is 10.6 Å². The van der Waals surface area contributed by atoms with Gasteiger partial charge in [0.25, 0.3) is 0 Å². The molecule has 0 atom stereocenters. The fourth-order valence-corrected chi connectivity index (χ4v) is 2.68. The molecule has 0 heterocycles. The number of methoxy groups -OCH3 is 1. The third kappa shape index (κ3) is 3.40. The van der Waals surface area contributed by atoms with Crippen LogP contribution in [0.4, 0.5) is 0 Å². The van der Waals surface area contributed by atoms with E-state index in [0.717, 1.165) is 22.5 Å². The summed E-state index contributed by atoms with van der Waals surface area (Å²) in [6.45, 7) is 0. The van der Waals surface area contributed by atoms with Crippen LogP contribution in [0.5, 0.6) is 5.75 Å². The van der Waals surface area contributed by atoms with Gasteiger partial charge in [0.1, 0.15) is 18.1 Å². The van der Waals surface area contributed by atoms with E-state index >= 15 is 0 Å². The summed E-state index contributed by atoms with van der Waals surface area (Å²) in [4.78, 5) is 11.8. The van der Waals surface area contributed by atoms with Crippen LogP contribution in [0.3, 0.4) is 0 Å². The Morgan fingerprint density at radius 2 is 2.15 bits per heavy atom. The summed E-state index contributed by atoms with van der Waals surface area (Å²) in [6, 6.07) is 15.2. The molecule has 0 unspecified atom stereocenters. The molecule has 0 aliphatic heterocycles. The lowest BCUT2D eigenvalue weighted by molar-refractivity contribution is 0.112. The Balaban J connectivity index is 2.11.